The third kappa shape index (κ3) is 3.27. The number of rotatable bonds is 5. The van der Waals surface area contributed by atoms with E-state index < -0.39 is 0 Å². The highest BCUT2D eigenvalue weighted by atomic mass is 79.9. The molecule has 0 spiro atoms. The first kappa shape index (κ1) is 13.0. The van der Waals surface area contributed by atoms with E-state index in [9.17, 15) is 0 Å². The van der Waals surface area contributed by atoms with Gasteiger partial charge in [0.05, 0.1) is 37.3 Å². The molecule has 2 aromatic heterocycles. The fourth-order valence-electron chi connectivity index (χ4n) is 1.53. The molecule has 0 saturated carbocycles. The fraction of sp³-hybridized carbons (Fsp3) is 0.364. The van der Waals surface area contributed by atoms with E-state index in [4.69, 9.17) is 5.11 Å². The summed E-state index contributed by atoms with van der Waals surface area (Å²) in [5.74, 6) is 0. The van der Waals surface area contributed by atoms with Crippen LogP contribution in [0.5, 0.6) is 0 Å². The number of aryl methyl sites for hydroxylation is 1. The van der Waals surface area contributed by atoms with E-state index in [1.807, 2.05) is 25.3 Å². The van der Waals surface area contributed by atoms with Crippen LogP contribution in [0.25, 0.3) is 0 Å². The molecule has 0 saturated heterocycles. The Bertz CT molecular complexity index is 528. The molecule has 0 aliphatic rings. The summed E-state index contributed by atoms with van der Waals surface area (Å²) in [7, 11) is 0. The number of hydrogen-bond donors (Lipinski definition) is 2. The largest absolute Gasteiger partial charge is 0.394 e. The SMILES string of the molecule is Cc1nc(Br)ccc1NCc1cn(CCO)nn1. The lowest BCUT2D eigenvalue weighted by Gasteiger charge is -2.07. The van der Waals surface area contributed by atoms with Crippen molar-refractivity contribution in [3.8, 4) is 0 Å². The van der Waals surface area contributed by atoms with Crippen molar-refractivity contribution in [1.82, 2.24) is 20.0 Å². The van der Waals surface area contributed by atoms with Crippen molar-refractivity contribution in [2.45, 2.75) is 20.0 Å². The molecular weight excluding hydrogens is 298 g/mol. The Balaban J connectivity index is 1.97. The molecule has 7 heteroatoms. The Morgan fingerprint density at radius 2 is 2.28 bits per heavy atom. The average molecular weight is 312 g/mol. The molecule has 0 aromatic carbocycles. The van der Waals surface area contributed by atoms with Gasteiger partial charge in [0, 0.05) is 0 Å². The molecule has 0 bridgehead atoms. The molecule has 0 atom stereocenters. The maximum atomic E-state index is 8.78. The van der Waals surface area contributed by atoms with E-state index in [1.165, 1.54) is 0 Å². The molecule has 0 fully saturated rings. The molecule has 6 nitrogen and oxygen atoms in total. The Morgan fingerprint density at radius 3 is 3.00 bits per heavy atom. The predicted octanol–water partition coefficient (Wildman–Crippen LogP) is 1.35. The zero-order valence-electron chi connectivity index (χ0n) is 9.97. The van der Waals surface area contributed by atoms with Gasteiger partial charge in [0.1, 0.15) is 10.3 Å². The molecule has 2 N–H and O–H groups in total. The van der Waals surface area contributed by atoms with Crippen LogP contribution in [0.2, 0.25) is 0 Å². The average Bonchev–Trinajstić information content (AvgIpc) is 2.76. The molecule has 0 aliphatic heterocycles. The summed E-state index contributed by atoms with van der Waals surface area (Å²) >= 11 is 3.32. The van der Waals surface area contributed by atoms with Crippen molar-refractivity contribution in [1.29, 1.82) is 0 Å². The minimum atomic E-state index is 0.0615. The van der Waals surface area contributed by atoms with Gasteiger partial charge in [-0.2, -0.15) is 0 Å². The number of nitrogens with zero attached hydrogens (tertiary/aromatic N) is 4. The van der Waals surface area contributed by atoms with Gasteiger partial charge >= 0.3 is 0 Å². The summed E-state index contributed by atoms with van der Waals surface area (Å²) in [5, 5.41) is 19.9. The van der Waals surface area contributed by atoms with Crippen LogP contribution < -0.4 is 5.32 Å². The highest BCUT2D eigenvalue weighted by molar-refractivity contribution is 9.10. The van der Waals surface area contributed by atoms with Crippen LogP contribution in [0.15, 0.2) is 22.9 Å². The smallest absolute Gasteiger partial charge is 0.106 e. The molecule has 2 aromatic rings. The number of halogens is 1. The van der Waals surface area contributed by atoms with Crippen molar-refractivity contribution in [2.24, 2.45) is 0 Å². The highest BCUT2D eigenvalue weighted by Gasteiger charge is 2.03. The summed E-state index contributed by atoms with van der Waals surface area (Å²) < 4.78 is 2.43. The minimum Gasteiger partial charge on any atom is -0.394 e. The first-order valence-corrected chi connectivity index (χ1v) is 6.35. The third-order valence-corrected chi connectivity index (χ3v) is 2.87. The van der Waals surface area contributed by atoms with Gasteiger partial charge in [-0.05, 0) is 35.0 Å². The van der Waals surface area contributed by atoms with E-state index in [1.54, 1.807) is 4.68 Å². The second-order valence-corrected chi connectivity index (χ2v) is 4.63. The Morgan fingerprint density at radius 1 is 1.44 bits per heavy atom. The van der Waals surface area contributed by atoms with Crippen molar-refractivity contribution in [3.05, 3.63) is 34.3 Å². The fourth-order valence-corrected chi connectivity index (χ4v) is 1.93. The molecule has 96 valence electrons. The summed E-state index contributed by atoms with van der Waals surface area (Å²) in [6, 6.07) is 3.85. The molecule has 2 rings (SSSR count). The van der Waals surface area contributed by atoms with Gasteiger partial charge < -0.3 is 10.4 Å². The lowest BCUT2D eigenvalue weighted by molar-refractivity contribution is 0.268. The number of aromatic nitrogens is 4. The van der Waals surface area contributed by atoms with E-state index >= 15 is 0 Å². The maximum absolute atomic E-state index is 8.78. The Labute approximate surface area is 113 Å². The standard InChI is InChI=1S/C11H14BrN5O/c1-8-10(2-3-11(12)14-8)13-6-9-7-17(4-5-18)16-15-9/h2-3,7,13,18H,4-6H2,1H3. The van der Waals surface area contributed by atoms with Crippen LogP contribution in [-0.2, 0) is 13.1 Å². The summed E-state index contributed by atoms with van der Waals surface area (Å²) in [6.45, 7) is 3.04. The van der Waals surface area contributed by atoms with Crippen molar-refractivity contribution < 1.29 is 5.11 Å². The van der Waals surface area contributed by atoms with Gasteiger partial charge in [-0.1, -0.05) is 5.21 Å². The van der Waals surface area contributed by atoms with Gasteiger partial charge in [-0.15, -0.1) is 5.10 Å². The number of nitrogens with one attached hydrogen (secondary N) is 1. The van der Waals surface area contributed by atoms with E-state index in [0.717, 1.165) is 21.7 Å². The number of hydrogen-bond acceptors (Lipinski definition) is 5. The predicted molar refractivity (Wildman–Crippen MR) is 71.1 cm³/mol. The van der Waals surface area contributed by atoms with Crippen LogP contribution in [0.4, 0.5) is 5.69 Å². The minimum absolute atomic E-state index is 0.0615. The monoisotopic (exact) mass is 311 g/mol. The molecule has 2 heterocycles. The molecule has 0 radical (unpaired) electrons. The molecule has 0 amide bonds. The number of anilines is 1. The van der Waals surface area contributed by atoms with Crippen molar-refractivity contribution >= 4 is 21.6 Å². The van der Waals surface area contributed by atoms with E-state index in [-0.39, 0.29) is 6.61 Å². The second-order valence-electron chi connectivity index (χ2n) is 3.82. The number of aliphatic hydroxyl groups is 1. The van der Waals surface area contributed by atoms with Crippen LogP contribution in [-0.4, -0.2) is 31.7 Å². The summed E-state index contributed by atoms with van der Waals surface area (Å²) in [5.41, 5.74) is 2.72. The van der Waals surface area contributed by atoms with Crippen molar-refractivity contribution in [2.75, 3.05) is 11.9 Å². The first-order valence-electron chi connectivity index (χ1n) is 5.56. The van der Waals surface area contributed by atoms with Crippen LogP contribution in [0, 0.1) is 6.92 Å². The van der Waals surface area contributed by atoms with Gasteiger partial charge in [0.25, 0.3) is 0 Å². The molecule has 0 aliphatic carbocycles. The van der Waals surface area contributed by atoms with Gasteiger partial charge in [0.2, 0.25) is 0 Å². The maximum Gasteiger partial charge on any atom is 0.106 e. The van der Waals surface area contributed by atoms with E-state index in [2.05, 4.69) is 36.5 Å². The number of pyridine rings is 1. The van der Waals surface area contributed by atoms with Crippen LogP contribution in [0.3, 0.4) is 0 Å². The topological polar surface area (TPSA) is 75.9 Å². The first-order chi connectivity index (χ1) is 8.69. The molecule has 18 heavy (non-hydrogen) atoms. The Hall–Kier alpha value is -1.47. The van der Waals surface area contributed by atoms with Crippen LogP contribution >= 0.6 is 15.9 Å². The zero-order valence-corrected chi connectivity index (χ0v) is 11.6. The summed E-state index contributed by atoms with van der Waals surface area (Å²) in [4.78, 5) is 4.30. The van der Waals surface area contributed by atoms with Crippen molar-refractivity contribution in [3.63, 3.8) is 0 Å². The van der Waals surface area contributed by atoms with Gasteiger partial charge in [-0.3, -0.25) is 0 Å². The van der Waals surface area contributed by atoms with E-state index in [0.29, 0.717) is 13.1 Å². The number of aliphatic hydroxyl groups excluding tert-OH is 1. The van der Waals surface area contributed by atoms with Gasteiger partial charge in [-0.25, -0.2) is 9.67 Å². The molecular formula is C11H14BrN5O. The van der Waals surface area contributed by atoms with Crippen LogP contribution in [0.1, 0.15) is 11.4 Å². The Kier molecular flexibility index (Phi) is 4.27. The quantitative estimate of drug-likeness (QED) is 0.815. The second kappa shape index (κ2) is 5.92. The lowest BCUT2D eigenvalue weighted by Crippen LogP contribution is -2.03. The van der Waals surface area contributed by atoms with Gasteiger partial charge in [0.15, 0.2) is 0 Å². The zero-order chi connectivity index (χ0) is 13.0. The lowest BCUT2D eigenvalue weighted by atomic mass is 10.3. The summed E-state index contributed by atoms with van der Waals surface area (Å²) in [6.07, 6.45) is 1.81. The normalized spacial score (nSPS) is 10.6. The molecule has 0 unspecified atom stereocenters. The highest BCUT2D eigenvalue weighted by Crippen LogP contribution is 2.16. The third-order valence-electron chi connectivity index (χ3n) is 2.43.